The molecule has 4 rings (SSSR count). The molecule has 3 heterocycles. The van der Waals surface area contributed by atoms with E-state index in [4.69, 9.17) is 4.42 Å². The predicted octanol–water partition coefficient (Wildman–Crippen LogP) is 3.82. The van der Waals surface area contributed by atoms with Crippen LogP contribution in [-0.4, -0.2) is 46.4 Å². The fourth-order valence-corrected chi connectivity index (χ4v) is 4.06. The van der Waals surface area contributed by atoms with Crippen LogP contribution in [0.3, 0.4) is 0 Å². The Balaban J connectivity index is 1.26. The van der Waals surface area contributed by atoms with E-state index in [1.165, 1.54) is 6.92 Å². The summed E-state index contributed by atoms with van der Waals surface area (Å²) in [5.41, 5.74) is 2.29. The number of piperidine rings is 1. The van der Waals surface area contributed by atoms with Gasteiger partial charge < -0.3 is 9.73 Å². The summed E-state index contributed by atoms with van der Waals surface area (Å²) < 4.78 is 5.85. The second kappa shape index (κ2) is 8.67. The van der Waals surface area contributed by atoms with Crippen molar-refractivity contribution in [3.05, 3.63) is 52.5 Å². The van der Waals surface area contributed by atoms with Gasteiger partial charge in [0.2, 0.25) is 17.7 Å². The Morgan fingerprint density at radius 2 is 1.93 bits per heavy atom. The number of nitrogens with zero attached hydrogens (tertiary/aromatic N) is 3. The maximum absolute atomic E-state index is 12.3. The molecule has 1 aromatic carbocycles. The summed E-state index contributed by atoms with van der Waals surface area (Å²) in [7, 11) is 0. The topological polar surface area (TPSA) is 88.3 Å². The molecule has 0 radical (unpaired) electrons. The summed E-state index contributed by atoms with van der Waals surface area (Å²) in [5.74, 6) is 1.43. The van der Waals surface area contributed by atoms with Gasteiger partial charge in [-0.05, 0) is 68.6 Å². The second-order valence-corrected chi connectivity index (χ2v) is 7.97. The molecular formula is C21H22N4O3S. The van der Waals surface area contributed by atoms with Crippen molar-refractivity contribution in [1.29, 1.82) is 0 Å². The molecule has 3 aromatic rings. The fraction of sp³-hybridized carbons (Fsp3) is 0.333. The summed E-state index contributed by atoms with van der Waals surface area (Å²) in [5, 5.41) is 15.2. The molecule has 0 unspecified atom stereocenters. The first-order valence-electron chi connectivity index (χ1n) is 9.57. The molecule has 1 aliphatic heterocycles. The molecule has 7 nitrogen and oxygen atoms in total. The summed E-state index contributed by atoms with van der Waals surface area (Å²) in [6.45, 7) is 3.47. The van der Waals surface area contributed by atoms with Crippen molar-refractivity contribution >= 4 is 28.7 Å². The molecule has 0 bridgehead atoms. The quantitative estimate of drug-likeness (QED) is 0.622. The van der Waals surface area contributed by atoms with Crippen LogP contribution >= 0.6 is 11.3 Å². The molecule has 1 aliphatic rings. The van der Waals surface area contributed by atoms with Crippen LogP contribution in [0.25, 0.3) is 11.5 Å². The Labute approximate surface area is 172 Å². The molecule has 0 saturated carbocycles. The third-order valence-electron chi connectivity index (χ3n) is 5.09. The van der Waals surface area contributed by atoms with Crippen LogP contribution in [0, 0.1) is 0 Å². The Bertz CT molecular complexity index is 974. The highest BCUT2D eigenvalue weighted by molar-refractivity contribution is 7.08. The number of thiophene rings is 1. The number of likely N-dealkylation sites (tertiary alicyclic amines) is 1. The molecule has 1 fully saturated rings. The number of carbonyl (C=O) groups is 2. The molecule has 1 amide bonds. The number of hydrogen-bond acceptors (Lipinski definition) is 7. The number of anilines is 1. The van der Waals surface area contributed by atoms with Crippen LogP contribution in [0.15, 0.2) is 45.5 Å². The second-order valence-electron chi connectivity index (χ2n) is 7.19. The van der Waals surface area contributed by atoms with Gasteiger partial charge in [-0.1, -0.05) is 0 Å². The van der Waals surface area contributed by atoms with E-state index in [-0.39, 0.29) is 17.6 Å². The molecule has 0 atom stereocenters. The largest absolute Gasteiger partial charge is 0.420 e. The van der Waals surface area contributed by atoms with Gasteiger partial charge in [-0.3, -0.25) is 14.5 Å². The van der Waals surface area contributed by atoms with E-state index < -0.39 is 0 Å². The summed E-state index contributed by atoms with van der Waals surface area (Å²) >= 11 is 1.60. The van der Waals surface area contributed by atoms with Crippen LogP contribution in [-0.2, 0) is 4.79 Å². The number of aromatic nitrogens is 2. The average molecular weight is 410 g/mol. The SMILES string of the molecule is CC(=O)c1ccc(NC(=O)CN2CCC(c3nnc(-c4ccsc4)o3)CC2)cc1. The van der Waals surface area contributed by atoms with Crippen LogP contribution in [0.4, 0.5) is 5.69 Å². The van der Waals surface area contributed by atoms with Gasteiger partial charge in [0.1, 0.15) is 0 Å². The Kier molecular flexibility index (Phi) is 5.82. The van der Waals surface area contributed by atoms with E-state index in [9.17, 15) is 9.59 Å². The van der Waals surface area contributed by atoms with Gasteiger partial charge in [0.05, 0.1) is 6.54 Å². The minimum absolute atomic E-state index is 0.00874. The van der Waals surface area contributed by atoms with Crippen molar-refractivity contribution in [2.24, 2.45) is 0 Å². The Morgan fingerprint density at radius 3 is 2.59 bits per heavy atom. The number of nitrogens with one attached hydrogen (secondary N) is 1. The van der Waals surface area contributed by atoms with Gasteiger partial charge in [0, 0.05) is 28.1 Å². The lowest BCUT2D eigenvalue weighted by Gasteiger charge is -2.29. The van der Waals surface area contributed by atoms with E-state index in [0.29, 0.717) is 29.6 Å². The van der Waals surface area contributed by atoms with Gasteiger partial charge in [-0.25, -0.2) is 0 Å². The lowest BCUT2D eigenvalue weighted by molar-refractivity contribution is -0.117. The summed E-state index contributed by atoms with van der Waals surface area (Å²) in [4.78, 5) is 25.8. The lowest BCUT2D eigenvalue weighted by Crippen LogP contribution is -2.38. The van der Waals surface area contributed by atoms with Crippen molar-refractivity contribution in [2.45, 2.75) is 25.7 Å². The van der Waals surface area contributed by atoms with Crippen LogP contribution in [0.1, 0.15) is 41.9 Å². The minimum atomic E-state index is -0.0587. The smallest absolute Gasteiger partial charge is 0.248 e. The molecule has 2 aromatic heterocycles. The summed E-state index contributed by atoms with van der Waals surface area (Å²) in [6, 6.07) is 8.91. The molecule has 29 heavy (non-hydrogen) atoms. The number of hydrogen-bond donors (Lipinski definition) is 1. The molecule has 0 aliphatic carbocycles. The monoisotopic (exact) mass is 410 g/mol. The van der Waals surface area contributed by atoms with Crippen molar-refractivity contribution < 1.29 is 14.0 Å². The van der Waals surface area contributed by atoms with Crippen LogP contribution < -0.4 is 5.32 Å². The standard InChI is InChI=1S/C21H22N4O3S/c1-14(26)15-2-4-18(5-3-15)22-19(27)12-25-9-6-16(7-10-25)20-23-24-21(28-20)17-8-11-29-13-17/h2-5,8,11,13,16H,6-7,9-10,12H2,1H3,(H,22,27). The Hall–Kier alpha value is -2.84. The van der Waals surface area contributed by atoms with Crippen molar-refractivity contribution in [3.63, 3.8) is 0 Å². The maximum atomic E-state index is 12.3. The number of ketones is 1. The maximum Gasteiger partial charge on any atom is 0.248 e. The van der Waals surface area contributed by atoms with E-state index in [0.717, 1.165) is 31.5 Å². The molecular weight excluding hydrogens is 388 g/mol. The van der Waals surface area contributed by atoms with E-state index in [1.807, 2.05) is 16.8 Å². The van der Waals surface area contributed by atoms with E-state index in [2.05, 4.69) is 20.4 Å². The highest BCUT2D eigenvalue weighted by Gasteiger charge is 2.26. The molecule has 8 heteroatoms. The zero-order chi connectivity index (χ0) is 20.2. The Morgan fingerprint density at radius 1 is 1.17 bits per heavy atom. The van der Waals surface area contributed by atoms with E-state index >= 15 is 0 Å². The first-order valence-corrected chi connectivity index (χ1v) is 10.5. The van der Waals surface area contributed by atoms with Gasteiger partial charge in [-0.2, -0.15) is 11.3 Å². The predicted molar refractivity (Wildman–Crippen MR) is 111 cm³/mol. The highest BCUT2D eigenvalue weighted by Crippen LogP contribution is 2.29. The molecule has 1 N–H and O–H groups in total. The number of Topliss-reactive ketones (excluding diaryl/α,β-unsaturated/α-hetero) is 1. The molecule has 0 spiro atoms. The van der Waals surface area contributed by atoms with Crippen molar-refractivity contribution in [3.8, 4) is 11.5 Å². The zero-order valence-electron chi connectivity index (χ0n) is 16.1. The van der Waals surface area contributed by atoms with Gasteiger partial charge in [0.25, 0.3) is 0 Å². The highest BCUT2D eigenvalue weighted by atomic mass is 32.1. The number of benzene rings is 1. The average Bonchev–Trinajstić information content (AvgIpc) is 3.41. The molecule has 150 valence electrons. The normalized spacial score (nSPS) is 15.3. The first-order chi connectivity index (χ1) is 14.1. The van der Waals surface area contributed by atoms with Gasteiger partial charge >= 0.3 is 0 Å². The summed E-state index contributed by atoms with van der Waals surface area (Å²) in [6.07, 6.45) is 1.76. The number of carbonyl (C=O) groups excluding carboxylic acids is 2. The number of amides is 1. The van der Waals surface area contributed by atoms with E-state index in [1.54, 1.807) is 35.6 Å². The number of rotatable bonds is 6. The first kappa shape index (κ1) is 19.5. The van der Waals surface area contributed by atoms with Crippen molar-refractivity contribution in [2.75, 3.05) is 25.0 Å². The van der Waals surface area contributed by atoms with Gasteiger partial charge in [-0.15, -0.1) is 10.2 Å². The minimum Gasteiger partial charge on any atom is -0.420 e. The van der Waals surface area contributed by atoms with Crippen LogP contribution in [0.2, 0.25) is 0 Å². The molecule has 1 saturated heterocycles. The third kappa shape index (κ3) is 4.78. The van der Waals surface area contributed by atoms with Gasteiger partial charge in [0.15, 0.2) is 5.78 Å². The van der Waals surface area contributed by atoms with Crippen molar-refractivity contribution in [1.82, 2.24) is 15.1 Å². The third-order valence-corrected chi connectivity index (χ3v) is 5.77. The van der Waals surface area contributed by atoms with Crippen LogP contribution in [0.5, 0.6) is 0 Å². The lowest BCUT2D eigenvalue weighted by atomic mass is 9.97. The fourth-order valence-electron chi connectivity index (χ4n) is 3.43. The zero-order valence-corrected chi connectivity index (χ0v) is 16.9.